The topological polar surface area (TPSA) is 51.2 Å². The molecule has 0 saturated heterocycles. The number of hydrogen-bond donors (Lipinski definition) is 1. The number of hydrogen-bond acceptors (Lipinski definition) is 3. The van der Waals surface area contributed by atoms with Crippen molar-refractivity contribution in [3.05, 3.63) is 60.4 Å². The van der Waals surface area contributed by atoms with E-state index >= 15 is 0 Å². The minimum absolute atomic E-state index is 0.211. The predicted octanol–water partition coefficient (Wildman–Crippen LogP) is 2.41. The largest absolute Gasteiger partial charge is 0.367 e. The van der Waals surface area contributed by atoms with Crippen molar-refractivity contribution in [2.45, 2.75) is 6.10 Å². The van der Waals surface area contributed by atoms with Crippen molar-refractivity contribution in [1.29, 1.82) is 0 Å². The summed E-state index contributed by atoms with van der Waals surface area (Å²) in [7, 11) is 1.51. The lowest BCUT2D eigenvalue weighted by molar-refractivity contribution is -0.126. The number of ether oxygens (including phenoxy) is 1. The van der Waals surface area contributed by atoms with Crippen molar-refractivity contribution in [2.75, 3.05) is 12.4 Å². The van der Waals surface area contributed by atoms with Crippen molar-refractivity contribution in [2.24, 2.45) is 0 Å². The molecule has 0 unspecified atom stereocenters. The maximum Gasteiger partial charge on any atom is 0.258 e. The molecule has 1 amide bonds. The molecule has 1 heterocycles. The van der Waals surface area contributed by atoms with Crippen LogP contribution in [0, 0.1) is 0 Å². The summed E-state index contributed by atoms with van der Waals surface area (Å²) in [5.41, 5.74) is 1.47. The lowest BCUT2D eigenvalue weighted by Gasteiger charge is -2.15. The number of nitrogens with zero attached hydrogens (tertiary/aromatic N) is 1. The molecular weight excluding hydrogens is 228 g/mol. The van der Waals surface area contributed by atoms with Crippen LogP contribution in [0.3, 0.4) is 0 Å². The Morgan fingerprint density at radius 3 is 2.61 bits per heavy atom. The highest BCUT2D eigenvalue weighted by Crippen LogP contribution is 2.18. The summed E-state index contributed by atoms with van der Waals surface area (Å²) in [6, 6.07) is 12.9. The van der Waals surface area contributed by atoms with Gasteiger partial charge >= 0.3 is 0 Å². The minimum Gasteiger partial charge on any atom is -0.367 e. The van der Waals surface area contributed by atoms with Crippen LogP contribution in [0.15, 0.2) is 54.9 Å². The van der Waals surface area contributed by atoms with Gasteiger partial charge in [0.1, 0.15) is 0 Å². The first-order valence-electron chi connectivity index (χ1n) is 5.60. The first-order valence-corrected chi connectivity index (χ1v) is 5.60. The molecule has 0 spiro atoms. The first kappa shape index (κ1) is 12.3. The van der Waals surface area contributed by atoms with Crippen LogP contribution >= 0.6 is 0 Å². The summed E-state index contributed by atoms with van der Waals surface area (Å²) in [6.07, 6.45) is 2.63. The monoisotopic (exact) mass is 242 g/mol. The van der Waals surface area contributed by atoms with Gasteiger partial charge in [0.15, 0.2) is 6.10 Å². The molecule has 0 aliphatic carbocycles. The molecule has 2 aromatic rings. The van der Waals surface area contributed by atoms with Crippen molar-refractivity contribution in [3.8, 4) is 0 Å². The quantitative estimate of drug-likeness (QED) is 0.895. The molecule has 0 fully saturated rings. The van der Waals surface area contributed by atoms with E-state index in [0.29, 0.717) is 5.69 Å². The Morgan fingerprint density at radius 2 is 2.00 bits per heavy atom. The molecule has 1 N–H and O–H groups in total. The summed E-state index contributed by atoms with van der Waals surface area (Å²) in [5.74, 6) is -0.211. The standard InChI is InChI=1S/C14H14N2O2/c1-18-13(11-6-3-2-4-7-11)14(17)16-12-8-5-9-15-10-12/h2-10,13H,1H3,(H,16,17)/t13-/m1/s1. The van der Waals surface area contributed by atoms with E-state index in [4.69, 9.17) is 4.74 Å². The Bertz CT molecular complexity index is 500. The second-order valence-corrected chi connectivity index (χ2v) is 3.76. The third-order valence-electron chi connectivity index (χ3n) is 2.51. The van der Waals surface area contributed by atoms with Crippen LogP contribution in [0.1, 0.15) is 11.7 Å². The van der Waals surface area contributed by atoms with Gasteiger partial charge in [0.2, 0.25) is 0 Å². The smallest absolute Gasteiger partial charge is 0.258 e. The van der Waals surface area contributed by atoms with Crippen LogP contribution in [0.25, 0.3) is 0 Å². The molecule has 18 heavy (non-hydrogen) atoms. The van der Waals surface area contributed by atoms with Gasteiger partial charge in [0, 0.05) is 13.3 Å². The molecule has 0 aliphatic heterocycles. The highest BCUT2D eigenvalue weighted by molar-refractivity contribution is 5.94. The molecule has 0 aliphatic rings. The van der Waals surface area contributed by atoms with E-state index in [9.17, 15) is 4.79 Å². The van der Waals surface area contributed by atoms with Crippen molar-refractivity contribution >= 4 is 11.6 Å². The fraction of sp³-hybridized carbons (Fsp3) is 0.143. The molecule has 4 heteroatoms. The molecule has 1 aromatic carbocycles. The Labute approximate surface area is 106 Å². The third-order valence-corrected chi connectivity index (χ3v) is 2.51. The number of carbonyl (C=O) groups excluding carboxylic acids is 1. The SMILES string of the molecule is CO[C@@H](C(=O)Nc1cccnc1)c1ccccc1. The van der Waals surface area contributed by atoms with Gasteiger partial charge < -0.3 is 10.1 Å². The summed E-state index contributed by atoms with van der Waals surface area (Å²) >= 11 is 0. The van der Waals surface area contributed by atoms with Crippen molar-refractivity contribution in [1.82, 2.24) is 4.98 Å². The second-order valence-electron chi connectivity index (χ2n) is 3.76. The number of amides is 1. The Hall–Kier alpha value is -2.20. The van der Waals surface area contributed by atoms with Crippen LogP contribution in [0.2, 0.25) is 0 Å². The molecule has 0 radical (unpaired) electrons. The van der Waals surface area contributed by atoms with E-state index < -0.39 is 6.10 Å². The third kappa shape index (κ3) is 2.93. The zero-order valence-electron chi connectivity index (χ0n) is 10.0. The van der Waals surface area contributed by atoms with Gasteiger partial charge in [-0.1, -0.05) is 30.3 Å². The van der Waals surface area contributed by atoms with E-state index in [2.05, 4.69) is 10.3 Å². The highest BCUT2D eigenvalue weighted by Gasteiger charge is 2.19. The van der Waals surface area contributed by atoms with Gasteiger partial charge in [-0.2, -0.15) is 0 Å². The van der Waals surface area contributed by atoms with Gasteiger partial charge in [0.25, 0.3) is 5.91 Å². The summed E-state index contributed by atoms with van der Waals surface area (Å²) in [4.78, 5) is 16.0. The lowest BCUT2D eigenvalue weighted by atomic mass is 10.1. The van der Waals surface area contributed by atoms with Crippen molar-refractivity contribution < 1.29 is 9.53 Å². The van der Waals surface area contributed by atoms with E-state index in [0.717, 1.165) is 5.56 Å². The first-order chi connectivity index (χ1) is 8.81. The van der Waals surface area contributed by atoms with E-state index in [1.54, 1.807) is 24.5 Å². The average Bonchev–Trinajstić information content (AvgIpc) is 2.42. The molecule has 4 nitrogen and oxygen atoms in total. The van der Waals surface area contributed by atoms with E-state index in [-0.39, 0.29) is 5.91 Å². The normalized spacial score (nSPS) is 11.8. The number of benzene rings is 1. The molecular formula is C14H14N2O2. The second kappa shape index (κ2) is 5.93. The summed E-state index contributed by atoms with van der Waals surface area (Å²) in [5, 5.41) is 2.76. The van der Waals surface area contributed by atoms with E-state index in [1.807, 2.05) is 30.3 Å². The Balaban J connectivity index is 2.12. The fourth-order valence-electron chi connectivity index (χ4n) is 1.67. The number of nitrogens with one attached hydrogen (secondary N) is 1. The van der Waals surface area contributed by atoms with Crippen LogP contribution in [-0.4, -0.2) is 18.0 Å². The van der Waals surface area contributed by atoms with Crippen LogP contribution in [0.5, 0.6) is 0 Å². The molecule has 2 rings (SSSR count). The van der Waals surface area contributed by atoms with E-state index in [1.165, 1.54) is 7.11 Å². The number of anilines is 1. The summed E-state index contributed by atoms with van der Waals surface area (Å²) < 4.78 is 5.24. The molecule has 0 bridgehead atoms. The molecule has 1 atom stereocenters. The van der Waals surface area contributed by atoms with Gasteiger partial charge in [-0.25, -0.2) is 0 Å². The highest BCUT2D eigenvalue weighted by atomic mass is 16.5. The van der Waals surface area contributed by atoms with Crippen LogP contribution in [0.4, 0.5) is 5.69 Å². The minimum atomic E-state index is -0.619. The maximum absolute atomic E-state index is 12.1. The average molecular weight is 242 g/mol. The van der Waals surface area contributed by atoms with Gasteiger partial charge in [-0.15, -0.1) is 0 Å². The zero-order valence-corrected chi connectivity index (χ0v) is 10.0. The Kier molecular flexibility index (Phi) is 4.04. The molecule has 0 saturated carbocycles. The maximum atomic E-state index is 12.1. The summed E-state index contributed by atoms with van der Waals surface area (Å²) in [6.45, 7) is 0. The number of carbonyl (C=O) groups is 1. The molecule has 1 aromatic heterocycles. The molecule has 92 valence electrons. The Morgan fingerprint density at radius 1 is 1.22 bits per heavy atom. The van der Waals surface area contributed by atoms with Gasteiger partial charge in [0.05, 0.1) is 11.9 Å². The number of rotatable bonds is 4. The number of pyridine rings is 1. The van der Waals surface area contributed by atoms with Crippen molar-refractivity contribution in [3.63, 3.8) is 0 Å². The van der Waals surface area contributed by atoms with Gasteiger partial charge in [-0.3, -0.25) is 9.78 Å². The van der Waals surface area contributed by atoms with Crippen LogP contribution < -0.4 is 5.32 Å². The predicted molar refractivity (Wildman–Crippen MR) is 69.1 cm³/mol. The number of aromatic nitrogens is 1. The van der Waals surface area contributed by atoms with Gasteiger partial charge in [-0.05, 0) is 17.7 Å². The van der Waals surface area contributed by atoms with Crippen LogP contribution in [-0.2, 0) is 9.53 Å². The fourth-order valence-corrected chi connectivity index (χ4v) is 1.67. The number of methoxy groups -OCH3 is 1. The zero-order chi connectivity index (χ0) is 12.8. The lowest BCUT2D eigenvalue weighted by Crippen LogP contribution is -2.22.